The molecule has 1 atom stereocenters. The van der Waals surface area contributed by atoms with Crippen molar-refractivity contribution in [3.8, 4) is 0 Å². The molecule has 0 radical (unpaired) electrons. The molecule has 0 fully saturated rings. The Balaban J connectivity index is 2.88. The fraction of sp³-hybridized carbons (Fsp3) is 0.692. The van der Waals surface area contributed by atoms with E-state index in [-0.39, 0.29) is 17.1 Å². The Morgan fingerprint density at radius 2 is 2.17 bits per heavy atom. The van der Waals surface area contributed by atoms with Crippen LogP contribution in [-0.2, 0) is 10.3 Å². The maximum absolute atomic E-state index is 12.2. The zero-order valence-corrected chi connectivity index (χ0v) is 11.9. The van der Waals surface area contributed by atoms with Gasteiger partial charge in [-0.05, 0) is 34.1 Å². The van der Waals surface area contributed by atoms with Crippen molar-refractivity contribution in [3.05, 3.63) is 22.7 Å². The number of hydrogen-bond donors (Lipinski definition) is 1. The van der Waals surface area contributed by atoms with Gasteiger partial charge in [-0.3, -0.25) is 4.79 Å². The van der Waals surface area contributed by atoms with Crippen LogP contribution in [0.3, 0.4) is 0 Å². The first-order valence-corrected chi connectivity index (χ1v) is 6.20. The summed E-state index contributed by atoms with van der Waals surface area (Å²) in [6.45, 7) is 8.65. The summed E-state index contributed by atoms with van der Waals surface area (Å²) in [7, 11) is 1.67. The minimum absolute atomic E-state index is 0.0886. The summed E-state index contributed by atoms with van der Waals surface area (Å²) in [5.41, 5.74) is -0.332. The number of methoxy groups -OCH3 is 1. The summed E-state index contributed by atoms with van der Waals surface area (Å²) in [5, 5.41) is 3.13. The van der Waals surface area contributed by atoms with Crippen LogP contribution < -0.4 is 10.9 Å². The number of aromatic nitrogens is 2. The molecule has 0 spiro atoms. The van der Waals surface area contributed by atoms with E-state index in [0.717, 1.165) is 6.42 Å². The van der Waals surface area contributed by atoms with E-state index in [2.05, 4.69) is 10.3 Å². The van der Waals surface area contributed by atoms with E-state index in [0.29, 0.717) is 12.4 Å². The maximum Gasteiger partial charge on any atom is 0.293 e. The SMILES string of the molecule is COCCC(C)Nc1nccn(C(C)(C)C)c1=O. The van der Waals surface area contributed by atoms with E-state index in [1.807, 2.05) is 27.7 Å². The lowest BCUT2D eigenvalue weighted by Crippen LogP contribution is -2.36. The molecule has 0 saturated carbocycles. The van der Waals surface area contributed by atoms with Gasteiger partial charge in [-0.1, -0.05) is 0 Å². The quantitative estimate of drug-likeness (QED) is 0.870. The van der Waals surface area contributed by atoms with Crippen LogP contribution in [0.25, 0.3) is 0 Å². The second-order valence-electron chi connectivity index (χ2n) is 5.45. The topological polar surface area (TPSA) is 56.1 Å². The van der Waals surface area contributed by atoms with Gasteiger partial charge < -0.3 is 14.6 Å². The largest absolute Gasteiger partial charge is 0.385 e. The van der Waals surface area contributed by atoms with Crippen molar-refractivity contribution >= 4 is 5.82 Å². The van der Waals surface area contributed by atoms with Crippen molar-refractivity contribution in [1.29, 1.82) is 0 Å². The smallest absolute Gasteiger partial charge is 0.293 e. The van der Waals surface area contributed by atoms with Gasteiger partial charge in [0.15, 0.2) is 5.82 Å². The highest BCUT2D eigenvalue weighted by Gasteiger charge is 2.17. The molecule has 0 amide bonds. The van der Waals surface area contributed by atoms with E-state index in [9.17, 15) is 4.79 Å². The van der Waals surface area contributed by atoms with E-state index in [1.54, 1.807) is 24.1 Å². The molecular weight excluding hydrogens is 230 g/mol. The molecule has 0 aliphatic carbocycles. The van der Waals surface area contributed by atoms with Crippen molar-refractivity contribution in [3.63, 3.8) is 0 Å². The van der Waals surface area contributed by atoms with Crippen molar-refractivity contribution in [2.24, 2.45) is 0 Å². The summed E-state index contributed by atoms with van der Waals surface area (Å²) >= 11 is 0. The Morgan fingerprint density at radius 3 is 2.72 bits per heavy atom. The summed E-state index contributed by atoms with van der Waals surface area (Å²) in [4.78, 5) is 16.3. The first-order chi connectivity index (χ1) is 8.36. The zero-order chi connectivity index (χ0) is 13.8. The summed E-state index contributed by atoms with van der Waals surface area (Å²) in [6, 6.07) is 0.154. The van der Waals surface area contributed by atoms with Gasteiger partial charge in [0.1, 0.15) is 0 Å². The van der Waals surface area contributed by atoms with Crippen LogP contribution in [0.1, 0.15) is 34.1 Å². The Hall–Kier alpha value is -1.36. The number of hydrogen-bond acceptors (Lipinski definition) is 4. The van der Waals surface area contributed by atoms with Crippen molar-refractivity contribution < 1.29 is 4.74 Å². The predicted octanol–water partition coefficient (Wildman–Crippen LogP) is 1.84. The van der Waals surface area contributed by atoms with Crippen LogP contribution in [0.15, 0.2) is 17.2 Å². The lowest BCUT2D eigenvalue weighted by atomic mass is 10.1. The van der Waals surface area contributed by atoms with Gasteiger partial charge in [0.2, 0.25) is 0 Å². The van der Waals surface area contributed by atoms with Crippen LogP contribution in [-0.4, -0.2) is 29.3 Å². The fourth-order valence-electron chi connectivity index (χ4n) is 1.64. The summed E-state index contributed by atoms with van der Waals surface area (Å²) < 4.78 is 6.70. The van der Waals surface area contributed by atoms with E-state index >= 15 is 0 Å². The van der Waals surface area contributed by atoms with Gasteiger partial charge in [-0.2, -0.15) is 0 Å². The highest BCUT2D eigenvalue weighted by molar-refractivity contribution is 5.32. The van der Waals surface area contributed by atoms with Crippen LogP contribution in [0, 0.1) is 0 Å². The van der Waals surface area contributed by atoms with Crippen LogP contribution >= 0.6 is 0 Å². The van der Waals surface area contributed by atoms with E-state index in [1.165, 1.54) is 0 Å². The zero-order valence-electron chi connectivity index (χ0n) is 11.9. The number of nitrogens with one attached hydrogen (secondary N) is 1. The molecule has 1 aromatic rings. The molecule has 1 unspecified atom stereocenters. The molecule has 0 bridgehead atoms. The lowest BCUT2D eigenvalue weighted by Gasteiger charge is -2.23. The standard InChI is InChI=1S/C13H23N3O2/c1-10(6-9-18-5)15-11-12(17)16(8-7-14-11)13(2,3)4/h7-8,10H,6,9H2,1-5H3,(H,14,15). The van der Waals surface area contributed by atoms with Gasteiger partial charge in [0, 0.05) is 37.7 Å². The number of rotatable bonds is 5. The number of anilines is 1. The number of nitrogens with zero attached hydrogens (tertiary/aromatic N) is 2. The first-order valence-electron chi connectivity index (χ1n) is 6.20. The predicted molar refractivity (Wildman–Crippen MR) is 73.1 cm³/mol. The molecule has 1 rings (SSSR count). The molecule has 102 valence electrons. The molecule has 5 nitrogen and oxygen atoms in total. The minimum Gasteiger partial charge on any atom is -0.385 e. The van der Waals surface area contributed by atoms with Crippen LogP contribution in [0.5, 0.6) is 0 Å². The average molecular weight is 253 g/mol. The lowest BCUT2D eigenvalue weighted by molar-refractivity contribution is 0.191. The number of ether oxygens (including phenoxy) is 1. The monoisotopic (exact) mass is 253 g/mol. The van der Waals surface area contributed by atoms with Crippen molar-refractivity contribution in [2.75, 3.05) is 19.0 Å². The normalized spacial score (nSPS) is 13.4. The minimum atomic E-state index is -0.244. The van der Waals surface area contributed by atoms with Crippen molar-refractivity contribution in [1.82, 2.24) is 9.55 Å². The molecule has 5 heteroatoms. The molecule has 0 aliphatic heterocycles. The van der Waals surface area contributed by atoms with Gasteiger partial charge in [0.25, 0.3) is 5.56 Å². The molecule has 0 aliphatic rings. The first kappa shape index (κ1) is 14.7. The van der Waals surface area contributed by atoms with Gasteiger partial charge in [0.05, 0.1) is 0 Å². The van der Waals surface area contributed by atoms with E-state index < -0.39 is 0 Å². The molecule has 1 aromatic heterocycles. The van der Waals surface area contributed by atoms with Crippen LogP contribution in [0.4, 0.5) is 5.82 Å². The molecular formula is C13H23N3O2. The third-order valence-electron chi connectivity index (χ3n) is 2.70. The Kier molecular flexibility index (Phi) is 4.90. The van der Waals surface area contributed by atoms with Gasteiger partial charge in [-0.15, -0.1) is 0 Å². The summed E-state index contributed by atoms with van der Waals surface area (Å²) in [5.74, 6) is 0.399. The highest BCUT2D eigenvalue weighted by Crippen LogP contribution is 2.11. The highest BCUT2D eigenvalue weighted by atomic mass is 16.5. The van der Waals surface area contributed by atoms with Gasteiger partial charge >= 0.3 is 0 Å². The van der Waals surface area contributed by atoms with Gasteiger partial charge in [-0.25, -0.2) is 4.98 Å². The maximum atomic E-state index is 12.2. The third kappa shape index (κ3) is 3.84. The Morgan fingerprint density at radius 1 is 1.50 bits per heavy atom. The van der Waals surface area contributed by atoms with Crippen LogP contribution in [0.2, 0.25) is 0 Å². The average Bonchev–Trinajstić information content (AvgIpc) is 2.27. The fourth-order valence-corrected chi connectivity index (χ4v) is 1.64. The molecule has 0 saturated heterocycles. The second-order valence-corrected chi connectivity index (χ2v) is 5.45. The molecule has 1 heterocycles. The Bertz CT molecular complexity index is 435. The second kappa shape index (κ2) is 6.00. The third-order valence-corrected chi connectivity index (χ3v) is 2.70. The Labute approximate surface area is 108 Å². The summed E-state index contributed by atoms with van der Waals surface area (Å²) in [6.07, 6.45) is 4.20. The molecule has 18 heavy (non-hydrogen) atoms. The molecule has 1 N–H and O–H groups in total. The van der Waals surface area contributed by atoms with Crippen molar-refractivity contribution in [2.45, 2.75) is 45.7 Å². The van der Waals surface area contributed by atoms with E-state index in [4.69, 9.17) is 4.74 Å². The molecule has 0 aromatic carbocycles.